The van der Waals surface area contributed by atoms with E-state index in [0.717, 1.165) is 64.2 Å². The van der Waals surface area contributed by atoms with E-state index in [1.165, 1.54) is 44.9 Å². The number of nitrogens with zero attached hydrogens (tertiary/aromatic N) is 1. The van der Waals surface area contributed by atoms with E-state index in [1.807, 2.05) is 27.2 Å². The quantitative estimate of drug-likeness (QED) is 0.0198. The number of allylic oxidation sites excluding steroid dienone is 14. The summed E-state index contributed by atoms with van der Waals surface area (Å²) in [7, 11) is 1.11. The van der Waals surface area contributed by atoms with Crippen LogP contribution in [0.15, 0.2) is 85.1 Å². The average molecular weight is 832 g/mol. The van der Waals surface area contributed by atoms with Gasteiger partial charge in [-0.2, -0.15) is 0 Å². The highest BCUT2D eigenvalue weighted by Crippen LogP contribution is 2.38. The molecule has 0 saturated carbocycles. The molecule has 0 spiro atoms. The topological polar surface area (TPSA) is 111 Å². The van der Waals surface area contributed by atoms with E-state index in [-0.39, 0.29) is 26.1 Å². The Balaban J connectivity index is 4.48. The fourth-order valence-electron chi connectivity index (χ4n) is 5.42. The van der Waals surface area contributed by atoms with Crippen LogP contribution in [-0.2, 0) is 32.7 Å². The zero-order valence-corrected chi connectivity index (χ0v) is 38.1. The van der Waals surface area contributed by atoms with Crippen LogP contribution in [0.1, 0.15) is 155 Å². The second-order valence-corrected chi connectivity index (χ2v) is 17.1. The van der Waals surface area contributed by atoms with Gasteiger partial charge in [-0.15, -0.1) is 0 Å². The molecule has 0 aliphatic heterocycles. The summed E-state index contributed by atoms with van der Waals surface area (Å²) < 4.78 is 33.8. The van der Waals surface area contributed by atoms with Crippen LogP contribution < -0.4 is 4.89 Å². The first-order chi connectivity index (χ1) is 28.0. The smallest absolute Gasteiger partial charge is 0.306 e. The Kier molecular flexibility index (Phi) is 37.7. The zero-order valence-electron chi connectivity index (χ0n) is 37.2. The second kappa shape index (κ2) is 39.6. The van der Waals surface area contributed by atoms with Crippen LogP contribution in [0.5, 0.6) is 0 Å². The van der Waals surface area contributed by atoms with Crippen LogP contribution in [0, 0.1) is 0 Å². The largest absolute Gasteiger partial charge is 0.756 e. The van der Waals surface area contributed by atoms with Gasteiger partial charge in [0, 0.05) is 12.8 Å². The molecule has 0 aliphatic rings. The van der Waals surface area contributed by atoms with Crippen molar-refractivity contribution in [3.05, 3.63) is 85.1 Å². The molecular formula is C48H82NO8P. The van der Waals surface area contributed by atoms with Crippen LogP contribution in [0.2, 0.25) is 0 Å². The van der Waals surface area contributed by atoms with Gasteiger partial charge >= 0.3 is 11.9 Å². The van der Waals surface area contributed by atoms with Gasteiger partial charge < -0.3 is 27.9 Å². The molecule has 0 aliphatic carbocycles. The number of hydrogen-bond donors (Lipinski definition) is 0. The molecule has 0 bridgehead atoms. The third-order valence-electron chi connectivity index (χ3n) is 8.90. The molecule has 0 fully saturated rings. The highest BCUT2D eigenvalue weighted by molar-refractivity contribution is 7.45. The summed E-state index contributed by atoms with van der Waals surface area (Å²) in [6.07, 6.45) is 50.4. The summed E-state index contributed by atoms with van der Waals surface area (Å²) >= 11 is 0. The van der Waals surface area contributed by atoms with Crippen molar-refractivity contribution in [2.24, 2.45) is 0 Å². The number of likely N-dealkylation sites (N-methyl/N-ethyl adjacent to an activating group) is 1. The van der Waals surface area contributed by atoms with Gasteiger partial charge in [0.25, 0.3) is 7.82 Å². The number of carbonyl (C=O) groups excluding carboxylic acids is 2. The molecule has 10 heteroatoms. The van der Waals surface area contributed by atoms with E-state index >= 15 is 0 Å². The summed E-state index contributed by atoms with van der Waals surface area (Å²) in [5.74, 6) is -0.920. The van der Waals surface area contributed by atoms with E-state index in [2.05, 4.69) is 92.8 Å². The minimum atomic E-state index is -4.65. The molecule has 9 nitrogen and oxygen atoms in total. The predicted octanol–water partition coefficient (Wildman–Crippen LogP) is 12.2. The third-order valence-corrected chi connectivity index (χ3v) is 9.86. The molecule has 0 heterocycles. The van der Waals surface area contributed by atoms with Gasteiger partial charge in [0.15, 0.2) is 6.10 Å². The van der Waals surface area contributed by atoms with E-state index in [0.29, 0.717) is 30.3 Å². The van der Waals surface area contributed by atoms with Crippen molar-refractivity contribution >= 4 is 19.8 Å². The van der Waals surface area contributed by atoms with Gasteiger partial charge in [-0.1, -0.05) is 144 Å². The van der Waals surface area contributed by atoms with Crippen molar-refractivity contribution in [3.8, 4) is 0 Å². The Labute approximate surface area is 354 Å². The fourth-order valence-corrected chi connectivity index (χ4v) is 6.15. The monoisotopic (exact) mass is 832 g/mol. The molecular weight excluding hydrogens is 750 g/mol. The van der Waals surface area contributed by atoms with Crippen LogP contribution in [-0.4, -0.2) is 70.0 Å². The summed E-state index contributed by atoms with van der Waals surface area (Å²) in [6, 6.07) is 0. The van der Waals surface area contributed by atoms with E-state index in [4.69, 9.17) is 18.5 Å². The normalized spacial score (nSPS) is 14.4. The molecule has 0 aromatic heterocycles. The maximum absolute atomic E-state index is 12.7. The van der Waals surface area contributed by atoms with E-state index < -0.39 is 32.5 Å². The Morgan fingerprint density at radius 3 is 1.52 bits per heavy atom. The Morgan fingerprint density at radius 1 is 0.552 bits per heavy atom. The fraction of sp³-hybridized carbons (Fsp3) is 0.667. The van der Waals surface area contributed by atoms with Gasteiger partial charge in [-0.25, -0.2) is 0 Å². The Hall–Kier alpha value is -2.81. The van der Waals surface area contributed by atoms with Crippen molar-refractivity contribution in [1.82, 2.24) is 0 Å². The molecule has 0 N–H and O–H groups in total. The SMILES string of the molecule is CC/C=C/C/C=C/C/C=C/C/C=C/C/C=C/CCCC(=O)O[C@H](COC(=O)CCCCCCCCC/C=C/C/C=C/CCCCC)COP(=O)([O-])OCC[N+](C)(C)C. The summed E-state index contributed by atoms with van der Waals surface area (Å²) in [6.45, 7) is 3.99. The lowest BCUT2D eigenvalue weighted by Gasteiger charge is -2.28. The molecule has 0 rings (SSSR count). The van der Waals surface area contributed by atoms with Gasteiger partial charge in [0.05, 0.1) is 27.7 Å². The zero-order chi connectivity index (χ0) is 42.8. The van der Waals surface area contributed by atoms with Crippen molar-refractivity contribution in [3.63, 3.8) is 0 Å². The number of rotatable bonds is 39. The van der Waals surface area contributed by atoms with Gasteiger partial charge in [0.1, 0.15) is 19.8 Å². The van der Waals surface area contributed by atoms with Crippen LogP contribution >= 0.6 is 7.82 Å². The molecule has 2 atom stereocenters. The maximum Gasteiger partial charge on any atom is 0.306 e. The lowest BCUT2D eigenvalue weighted by atomic mass is 10.1. The lowest BCUT2D eigenvalue weighted by molar-refractivity contribution is -0.870. The first-order valence-corrected chi connectivity index (χ1v) is 23.8. The third kappa shape index (κ3) is 42.8. The van der Waals surface area contributed by atoms with Gasteiger partial charge in [-0.3, -0.25) is 14.2 Å². The number of quaternary nitrogens is 1. The molecule has 0 aromatic rings. The summed E-state index contributed by atoms with van der Waals surface area (Å²) in [4.78, 5) is 37.5. The van der Waals surface area contributed by atoms with Crippen LogP contribution in [0.3, 0.4) is 0 Å². The Morgan fingerprint density at radius 2 is 1.00 bits per heavy atom. The average Bonchev–Trinajstić information content (AvgIpc) is 3.17. The van der Waals surface area contributed by atoms with E-state index in [1.54, 1.807) is 0 Å². The number of unbranched alkanes of at least 4 members (excludes halogenated alkanes) is 11. The predicted molar refractivity (Wildman–Crippen MR) is 240 cm³/mol. The second-order valence-electron chi connectivity index (χ2n) is 15.7. The maximum atomic E-state index is 12.7. The number of ether oxygens (including phenoxy) is 2. The molecule has 0 amide bonds. The lowest BCUT2D eigenvalue weighted by Crippen LogP contribution is -2.37. The first-order valence-electron chi connectivity index (χ1n) is 22.3. The first kappa shape index (κ1) is 55.2. The van der Waals surface area contributed by atoms with Crippen LogP contribution in [0.4, 0.5) is 0 Å². The summed E-state index contributed by atoms with van der Waals surface area (Å²) in [5.41, 5.74) is 0. The van der Waals surface area contributed by atoms with Crippen molar-refractivity contribution in [2.75, 3.05) is 47.5 Å². The molecule has 58 heavy (non-hydrogen) atoms. The number of hydrogen-bond acceptors (Lipinski definition) is 8. The molecule has 0 saturated heterocycles. The number of esters is 2. The van der Waals surface area contributed by atoms with Crippen molar-refractivity contribution in [2.45, 2.75) is 161 Å². The van der Waals surface area contributed by atoms with Gasteiger partial charge in [0.2, 0.25) is 0 Å². The molecule has 0 aromatic carbocycles. The van der Waals surface area contributed by atoms with Crippen molar-refractivity contribution < 1.29 is 42.1 Å². The standard InChI is InChI=1S/C48H82NO8P/c1-6-8-10-12-14-16-18-20-22-24-26-28-30-32-34-36-38-40-47(50)54-44-46(45-56-58(52,53)55-43-42-49(3,4)5)57-48(51)41-39-37-35-33-31-29-27-25-23-21-19-17-15-13-11-9-7-2/h9,11,14-17,20-23,27,29,33,35,46H,6-8,10,12-13,18-19,24-26,28,30-32,34,36-45H2,1-5H3/b11-9+,16-14+,17-15+,22-20+,23-21+,29-27+,35-33+/t46-/m1/s1. The number of phosphoric acid groups is 1. The molecule has 0 radical (unpaired) electrons. The number of phosphoric ester groups is 1. The number of carbonyl (C=O) groups is 2. The van der Waals surface area contributed by atoms with Crippen LogP contribution in [0.25, 0.3) is 0 Å². The van der Waals surface area contributed by atoms with E-state index in [9.17, 15) is 19.0 Å². The molecule has 332 valence electrons. The van der Waals surface area contributed by atoms with Crippen molar-refractivity contribution in [1.29, 1.82) is 0 Å². The highest BCUT2D eigenvalue weighted by Gasteiger charge is 2.21. The highest BCUT2D eigenvalue weighted by atomic mass is 31.2. The molecule has 1 unspecified atom stereocenters. The van der Waals surface area contributed by atoms with Gasteiger partial charge in [-0.05, 0) is 83.5 Å². The summed E-state index contributed by atoms with van der Waals surface area (Å²) in [5, 5.41) is 0. The Bertz CT molecular complexity index is 1260. The minimum absolute atomic E-state index is 0.0474. The minimum Gasteiger partial charge on any atom is -0.756 e.